The van der Waals surface area contributed by atoms with Crippen LogP contribution in [-0.2, 0) is 19.1 Å². The number of hydrogen-bond donors (Lipinski definition) is 0. The van der Waals surface area contributed by atoms with Gasteiger partial charge >= 0.3 is 12.1 Å². The van der Waals surface area contributed by atoms with Crippen LogP contribution in [0.1, 0.15) is 63.4 Å². The Labute approximate surface area is 249 Å². The predicted octanol–water partition coefficient (Wildman–Crippen LogP) is 5.20. The lowest BCUT2D eigenvalue weighted by Gasteiger charge is -2.44. The van der Waals surface area contributed by atoms with Gasteiger partial charge in [-0.25, -0.2) is 9.59 Å². The number of likely N-dealkylation sites (tertiary alicyclic amines) is 1. The van der Waals surface area contributed by atoms with E-state index in [0.717, 1.165) is 11.1 Å². The number of fused-ring (bicyclic) bond motifs is 4. The highest BCUT2D eigenvalue weighted by Gasteiger charge is 2.51. The summed E-state index contributed by atoms with van der Waals surface area (Å²) in [7, 11) is 0. The van der Waals surface area contributed by atoms with Crippen molar-refractivity contribution >= 4 is 23.9 Å². The van der Waals surface area contributed by atoms with Crippen molar-refractivity contribution in [1.82, 2.24) is 9.96 Å². The minimum Gasteiger partial charge on any atom is -0.448 e. The number of imide groups is 1. The fourth-order valence-corrected chi connectivity index (χ4v) is 7.24. The third-order valence-electron chi connectivity index (χ3n) is 9.59. The molecule has 3 aliphatic heterocycles. The lowest BCUT2D eigenvalue weighted by Crippen LogP contribution is -2.51. The molecule has 0 spiro atoms. The van der Waals surface area contributed by atoms with E-state index in [1.165, 1.54) is 11.1 Å². The van der Waals surface area contributed by atoms with E-state index >= 15 is 0 Å². The Bertz CT molecular complexity index is 1520. The Morgan fingerprint density at radius 1 is 0.767 bits per heavy atom. The maximum absolute atomic E-state index is 13.8. The van der Waals surface area contributed by atoms with Crippen molar-refractivity contribution in [2.45, 2.75) is 31.6 Å². The molecule has 0 atom stereocenters. The predicted molar refractivity (Wildman–Crippen MR) is 155 cm³/mol. The maximum Gasteiger partial charge on any atom is 0.409 e. The minimum absolute atomic E-state index is 0.0173. The monoisotopic (exact) mass is 580 g/mol. The third-order valence-corrected chi connectivity index (χ3v) is 9.59. The minimum atomic E-state index is -0.916. The van der Waals surface area contributed by atoms with Gasteiger partial charge in [-0.2, -0.15) is 0 Å². The van der Waals surface area contributed by atoms with Gasteiger partial charge < -0.3 is 19.2 Å². The topological polar surface area (TPSA) is 102 Å². The molecule has 1 aliphatic carbocycles. The summed E-state index contributed by atoms with van der Waals surface area (Å²) in [5, 5.41) is 0.593. The van der Waals surface area contributed by atoms with Crippen LogP contribution in [0.3, 0.4) is 0 Å². The smallest absolute Gasteiger partial charge is 0.409 e. The molecule has 0 aromatic heterocycles. The quantitative estimate of drug-likeness (QED) is 0.383. The summed E-state index contributed by atoms with van der Waals surface area (Å²) in [4.78, 5) is 60.0. The van der Waals surface area contributed by atoms with Crippen molar-refractivity contribution < 1.29 is 33.5 Å². The molecule has 0 saturated carbocycles. The molecule has 220 valence electrons. The number of hydrogen-bond acceptors (Lipinski definition) is 7. The Kier molecular flexibility index (Phi) is 6.97. The van der Waals surface area contributed by atoms with Crippen LogP contribution in [0.2, 0.25) is 0 Å². The van der Waals surface area contributed by atoms with Crippen molar-refractivity contribution in [3.8, 4) is 11.1 Å². The van der Waals surface area contributed by atoms with Crippen molar-refractivity contribution in [2.24, 2.45) is 11.3 Å². The van der Waals surface area contributed by atoms with Gasteiger partial charge in [-0.1, -0.05) is 65.7 Å². The zero-order valence-corrected chi connectivity index (χ0v) is 23.7. The van der Waals surface area contributed by atoms with Crippen molar-refractivity contribution in [1.29, 1.82) is 0 Å². The van der Waals surface area contributed by atoms with Crippen LogP contribution in [0.4, 0.5) is 4.79 Å². The summed E-state index contributed by atoms with van der Waals surface area (Å²) >= 11 is 0. The number of nitrogens with zero attached hydrogens (tertiary/aromatic N) is 2. The summed E-state index contributed by atoms with van der Waals surface area (Å²) in [6.45, 7) is 1.88. The third kappa shape index (κ3) is 4.59. The van der Waals surface area contributed by atoms with Gasteiger partial charge in [0.25, 0.3) is 11.8 Å². The molecule has 4 aliphatic rings. The average Bonchev–Trinajstić information content (AvgIpc) is 3.51. The largest absolute Gasteiger partial charge is 0.448 e. The highest BCUT2D eigenvalue weighted by Crippen LogP contribution is 2.46. The molecule has 0 N–H and O–H groups in total. The Morgan fingerprint density at radius 2 is 1.28 bits per heavy atom. The zero-order chi connectivity index (χ0) is 29.6. The van der Waals surface area contributed by atoms with Crippen LogP contribution in [0.15, 0.2) is 72.8 Å². The summed E-state index contributed by atoms with van der Waals surface area (Å²) < 4.78 is 11.4. The molecule has 3 heterocycles. The van der Waals surface area contributed by atoms with Crippen LogP contribution in [0.5, 0.6) is 0 Å². The molecule has 9 nitrogen and oxygen atoms in total. The van der Waals surface area contributed by atoms with Crippen LogP contribution in [0.25, 0.3) is 11.1 Å². The lowest BCUT2D eigenvalue weighted by molar-refractivity contribution is -0.193. The number of piperidine rings is 1. The number of ether oxygens (including phenoxy) is 2. The fourth-order valence-electron chi connectivity index (χ4n) is 7.24. The van der Waals surface area contributed by atoms with Crippen molar-refractivity contribution in [3.63, 3.8) is 0 Å². The molecule has 7 rings (SSSR count). The Hall–Kier alpha value is -4.50. The van der Waals surface area contributed by atoms with Crippen LogP contribution >= 0.6 is 0 Å². The Balaban J connectivity index is 1.00. The van der Waals surface area contributed by atoms with E-state index in [1.54, 1.807) is 29.2 Å². The summed E-state index contributed by atoms with van der Waals surface area (Å²) in [5.41, 5.74) is 4.20. The number of carbonyl (C=O) groups excluding carboxylic acids is 4. The second kappa shape index (κ2) is 11.0. The van der Waals surface area contributed by atoms with E-state index in [9.17, 15) is 19.2 Å². The molecule has 3 aromatic rings. The van der Waals surface area contributed by atoms with Crippen LogP contribution in [-0.4, -0.2) is 66.8 Å². The molecule has 43 heavy (non-hydrogen) atoms. The molecule has 2 saturated heterocycles. The first-order chi connectivity index (χ1) is 21.0. The number of amides is 3. The van der Waals surface area contributed by atoms with E-state index < -0.39 is 23.2 Å². The molecule has 3 aromatic carbocycles. The highest BCUT2D eigenvalue weighted by atomic mass is 16.7. The van der Waals surface area contributed by atoms with Gasteiger partial charge in [0.1, 0.15) is 6.61 Å². The maximum atomic E-state index is 13.8. The van der Waals surface area contributed by atoms with Crippen molar-refractivity contribution in [2.75, 3.05) is 32.9 Å². The molecule has 2 fully saturated rings. The Morgan fingerprint density at radius 3 is 1.84 bits per heavy atom. The lowest BCUT2D eigenvalue weighted by atomic mass is 9.66. The van der Waals surface area contributed by atoms with Gasteiger partial charge in [0.05, 0.1) is 16.5 Å². The molecular formula is C34H32N2O7. The summed E-state index contributed by atoms with van der Waals surface area (Å²) in [6.07, 6.45) is 1.62. The summed E-state index contributed by atoms with van der Waals surface area (Å²) in [6, 6.07) is 22.9. The van der Waals surface area contributed by atoms with Gasteiger partial charge in [0, 0.05) is 32.2 Å². The van der Waals surface area contributed by atoms with E-state index in [0.29, 0.717) is 57.0 Å². The van der Waals surface area contributed by atoms with Gasteiger partial charge in [0.2, 0.25) is 0 Å². The molecule has 0 unspecified atom stereocenters. The molecule has 9 heteroatoms. The van der Waals surface area contributed by atoms with Gasteiger partial charge in [-0.15, -0.1) is 0 Å². The molecular weight excluding hydrogens is 548 g/mol. The number of hydroxylamine groups is 2. The first-order valence-corrected chi connectivity index (χ1v) is 14.9. The first kappa shape index (κ1) is 27.3. The summed E-state index contributed by atoms with van der Waals surface area (Å²) in [5.74, 6) is -1.99. The average molecular weight is 581 g/mol. The van der Waals surface area contributed by atoms with Crippen LogP contribution in [0, 0.1) is 11.3 Å². The van der Waals surface area contributed by atoms with Crippen LogP contribution < -0.4 is 0 Å². The second-order valence-corrected chi connectivity index (χ2v) is 11.7. The van der Waals surface area contributed by atoms with Gasteiger partial charge in [0.15, 0.2) is 0 Å². The highest BCUT2D eigenvalue weighted by molar-refractivity contribution is 6.21. The SMILES string of the molecule is O=C(OCC1c2ccccc2-c2ccccc21)N1CCC(C2(C(=O)ON3C(=O)c4ccccc4C3=O)CCOCC2)CC1. The number of rotatable bonds is 5. The number of carbonyl (C=O) groups is 4. The second-order valence-electron chi connectivity index (χ2n) is 11.7. The first-order valence-electron chi connectivity index (χ1n) is 14.9. The van der Waals surface area contributed by atoms with E-state index in [2.05, 4.69) is 24.3 Å². The molecule has 0 bridgehead atoms. The fraction of sp³-hybridized carbons (Fsp3) is 0.353. The van der Waals surface area contributed by atoms with E-state index in [1.807, 2.05) is 24.3 Å². The number of benzene rings is 3. The normalized spacial score (nSPS) is 19.5. The van der Waals surface area contributed by atoms with Crippen molar-refractivity contribution in [3.05, 3.63) is 95.1 Å². The van der Waals surface area contributed by atoms with E-state index in [4.69, 9.17) is 14.3 Å². The molecule has 0 radical (unpaired) electrons. The van der Waals surface area contributed by atoms with Gasteiger partial charge in [-0.3, -0.25) is 9.59 Å². The van der Waals surface area contributed by atoms with E-state index in [-0.39, 0.29) is 35.7 Å². The zero-order valence-electron chi connectivity index (χ0n) is 23.7. The molecule has 3 amide bonds. The standard InChI is InChI=1S/C34H32N2O7/c37-30-27-11-5-6-12-28(27)31(38)36(30)43-32(39)34(15-19-41-20-16-34)22-13-17-35(18-14-22)33(40)42-21-29-25-9-3-1-7-23(25)24-8-2-4-10-26(24)29/h1-12,22,29H,13-21H2. The van der Waals surface area contributed by atoms with Gasteiger partial charge in [-0.05, 0) is 66.0 Å².